The molecule has 0 aliphatic heterocycles. The van der Waals surface area contributed by atoms with E-state index in [0.29, 0.717) is 12.6 Å². The lowest BCUT2D eigenvalue weighted by atomic mass is 10.1. The van der Waals surface area contributed by atoms with Crippen molar-refractivity contribution in [1.82, 2.24) is 5.32 Å². The maximum absolute atomic E-state index is 11.3. The van der Waals surface area contributed by atoms with Crippen molar-refractivity contribution in [2.45, 2.75) is 58.5 Å². The SMILES string of the molecule is CCCCC(CCC)NCc1ccc(C(=O)OC)o1. The third-order valence-corrected chi connectivity index (χ3v) is 3.16. The van der Waals surface area contributed by atoms with E-state index in [2.05, 4.69) is 23.9 Å². The monoisotopic (exact) mass is 267 g/mol. The third kappa shape index (κ3) is 5.47. The van der Waals surface area contributed by atoms with Crippen LogP contribution < -0.4 is 5.32 Å². The van der Waals surface area contributed by atoms with Gasteiger partial charge in [-0.2, -0.15) is 0 Å². The summed E-state index contributed by atoms with van der Waals surface area (Å²) in [4.78, 5) is 11.3. The molecule has 1 rings (SSSR count). The molecule has 1 unspecified atom stereocenters. The van der Waals surface area contributed by atoms with Crippen LogP contribution >= 0.6 is 0 Å². The number of unbranched alkanes of at least 4 members (excludes halogenated alkanes) is 1. The Labute approximate surface area is 115 Å². The molecule has 0 radical (unpaired) electrons. The molecule has 0 bridgehead atoms. The van der Waals surface area contributed by atoms with E-state index >= 15 is 0 Å². The van der Waals surface area contributed by atoms with Crippen molar-refractivity contribution in [2.75, 3.05) is 7.11 Å². The summed E-state index contributed by atoms with van der Waals surface area (Å²) in [6.45, 7) is 5.06. The van der Waals surface area contributed by atoms with E-state index in [9.17, 15) is 4.79 Å². The van der Waals surface area contributed by atoms with E-state index in [0.717, 1.165) is 5.76 Å². The van der Waals surface area contributed by atoms with Gasteiger partial charge >= 0.3 is 5.97 Å². The first kappa shape index (κ1) is 15.8. The predicted molar refractivity (Wildman–Crippen MR) is 75.1 cm³/mol. The molecule has 0 aliphatic rings. The molecule has 0 aromatic carbocycles. The number of furan rings is 1. The number of carbonyl (C=O) groups excluding carboxylic acids is 1. The van der Waals surface area contributed by atoms with Crippen molar-refractivity contribution in [1.29, 1.82) is 0 Å². The Bertz CT molecular complexity index is 373. The summed E-state index contributed by atoms with van der Waals surface area (Å²) in [5, 5.41) is 3.50. The second-order valence-electron chi connectivity index (χ2n) is 4.77. The minimum Gasteiger partial charge on any atom is -0.463 e. The van der Waals surface area contributed by atoms with Gasteiger partial charge in [0.2, 0.25) is 5.76 Å². The topological polar surface area (TPSA) is 51.5 Å². The molecule has 4 heteroatoms. The lowest BCUT2D eigenvalue weighted by Crippen LogP contribution is -2.28. The minimum absolute atomic E-state index is 0.264. The number of hydrogen-bond donors (Lipinski definition) is 1. The summed E-state index contributed by atoms with van der Waals surface area (Å²) >= 11 is 0. The smallest absolute Gasteiger partial charge is 0.373 e. The fourth-order valence-electron chi connectivity index (χ4n) is 2.08. The van der Waals surface area contributed by atoms with Gasteiger partial charge in [-0.3, -0.25) is 0 Å². The molecule has 1 atom stereocenters. The molecule has 1 aromatic heterocycles. The molecule has 1 N–H and O–H groups in total. The van der Waals surface area contributed by atoms with Crippen molar-refractivity contribution in [3.8, 4) is 0 Å². The van der Waals surface area contributed by atoms with Crippen LogP contribution in [0, 0.1) is 0 Å². The highest BCUT2D eigenvalue weighted by atomic mass is 16.5. The van der Waals surface area contributed by atoms with Crippen molar-refractivity contribution < 1.29 is 13.9 Å². The quantitative estimate of drug-likeness (QED) is 0.696. The standard InChI is InChI=1S/C15H25NO3/c1-4-6-8-12(7-5-2)16-11-13-9-10-14(19-13)15(17)18-3/h9-10,12,16H,4-8,11H2,1-3H3. The van der Waals surface area contributed by atoms with Crippen molar-refractivity contribution in [3.63, 3.8) is 0 Å². The summed E-state index contributed by atoms with van der Waals surface area (Å²) in [6.07, 6.45) is 5.99. The minimum atomic E-state index is -0.428. The van der Waals surface area contributed by atoms with Gasteiger partial charge in [0.1, 0.15) is 5.76 Å². The Morgan fingerprint density at radius 2 is 2.11 bits per heavy atom. The van der Waals surface area contributed by atoms with Crippen LogP contribution in [0.4, 0.5) is 0 Å². The van der Waals surface area contributed by atoms with Gasteiger partial charge in [-0.25, -0.2) is 4.79 Å². The molecule has 0 aliphatic carbocycles. The number of ether oxygens (including phenoxy) is 1. The Hall–Kier alpha value is -1.29. The first-order valence-electron chi connectivity index (χ1n) is 7.11. The van der Waals surface area contributed by atoms with Crippen LogP contribution in [0.3, 0.4) is 0 Å². The molecule has 0 saturated carbocycles. The first-order valence-corrected chi connectivity index (χ1v) is 7.11. The average Bonchev–Trinajstić information content (AvgIpc) is 2.90. The Balaban J connectivity index is 2.44. The number of hydrogen-bond acceptors (Lipinski definition) is 4. The van der Waals surface area contributed by atoms with Crippen molar-refractivity contribution in [3.05, 3.63) is 23.7 Å². The number of nitrogens with one attached hydrogen (secondary N) is 1. The van der Waals surface area contributed by atoms with Gasteiger partial charge in [0.05, 0.1) is 13.7 Å². The zero-order chi connectivity index (χ0) is 14.1. The van der Waals surface area contributed by atoms with E-state index in [1.165, 1.54) is 39.2 Å². The second-order valence-corrected chi connectivity index (χ2v) is 4.77. The third-order valence-electron chi connectivity index (χ3n) is 3.16. The normalized spacial score (nSPS) is 12.4. The zero-order valence-electron chi connectivity index (χ0n) is 12.2. The van der Waals surface area contributed by atoms with Crippen LogP contribution in [0.1, 0.15) is 62.3 Å². The predicted octanol–water partition coefficient (Wildman–Crippen LogP) is 3.51. The molecule has 4 nitrogen and oxygen atoms in total. The first-order chi connectivity index (χ1) is 9.21. The van der Waals surface area contributed by atoms with Gasteiger partial charge in [-0.15, -0.1) is 0 Å². The average molecular weight is 267 g/mol. The maximum atomic E-state index is 11.3. The molecule has 108 valence electrons. The highest BCUT2D eigenvalue weighted by Gasteiger charge is 2.12. The second kappa shape index (κ2) is 8.75. The number of methoxy groups -OCH3 is 1. The Kier molecular flexibility index (Phi) is 7.26. The molecule has 19 heavy (non-hydrogen) atoms. The van der Waals surface area contributed by atoms with E-state index in [4.69, 9.17) is 4.42 Å². The Morgan fingerprint density at radius 3 is 2.74 bits per heavy atom. The van der Waals surface area contributed by atoms with Crippen LogP contribution in [0.2, 0.25) is 0 Å². The molecular formula is C15H25NO3. The largest absolute Gasteiger partial charge is 0.463 e. The molecule has 0 amide bonds. The van der Waals surface area contributed by atoms with Crippen molar-refractivity contribution >= 4 is 5.97 Å². The summed E-state index contributed by atoms with van der Waals surface area (Å²) < 4.78 is 10.0. The fourth-order valence-corrected chi connectivity index (χ4v) is 2.08. The van der Waals surface area contributed by atoms with Gasteiger partial charge in [0.25, 0.3) is 0 Å². The number of rotatable bonds is 9. The molecule has 1 heterocycles. The van der Waals surface area contributed by atoms with Gasteiger partial charge in [-0.05, 0) is 25.0 Å². The van der Waals surface area contributed by atoms with Gasteiger partial charge in [0.15, 0.2) is 0 Å². The molecule has 0 spiro atoms. The molecular weight excluding hydrogens is 242 g/mol. The van der Waals surface area contributed by atoms with Crippen molar-refractivity contribution in [2.24, 2.45) is 0 Å². The van der Waals surface area contributed by atoms with Gasteiger partial charge in [0, 0.05) is 6.04 Å². The Morgan fingerprint density at radius 1 is 1.32 bits per heavy atom. The van der Waals surface area contributed by atoms with E-state index in [-0.39, 0.29) is 5.76 Å². The van der Waals surface area contributed by atoms with E-state index < -0.39 is 5.97 Å². The summed E-state index contributed by atoms with van der Waals surface area (Å²) in [5.74, 6) is 0.611. The fraction of sp³-hybridized carbons (Fsp3) is 0.667. The summed E-state index contributed by atoms with van der Waals surface area (Å²) in [6, 6.07) is 4.00. The van der Waals surface area contributed by atoms with Crippen LogP contribution in [0.15, 0.2) is 16.5 Å². The van der Waals surface area contributed by atoms with Gasteiger partial charge in [-0.1, -0.05) is 33.1 Å². The highest BCUT2D eigenvalue weighted by Crippen LogP contribution is 2.11. The molecule has 0 fully saturated rings. The number of esters is 1. The van der Waals surface area contributed by atoms with Crippen LogP contribution in [0.25, 0.3) is 0 Å². The lowest BCUT2D eigenvalue weighted by molar-refractivity contribution is 0.0563. The highest BCUT2D eigenvalue weighted by molar-refractivity contribution is 5.86. The summed E-state index contributed by atoms with van der Waals surface area (Å²) in [5.41, 5.74) is 0. The van der Waals surface area contributed by atoms with Crippen LogP contribution in [-0.4, -0.2) is 19.1 Å². The van der Waals surface area contributed by atoms with Gasteiger partial charge < -0.3 is 14.5 Å². The number of carbonyl (C=O) groups is 1. The van der Waals surface area contributed by atoms with Crippen LogP contribution in [-0.2, 0) is 11.3 Å². The molecule has 1 aromatic rings. The maximum Gasteiger partial charge on any atom is 0.373 e. The summed E-state index contributed by atoms with van der Waals surface area (Å²) in [7, 11) is 1.35. The lowest BCUT2D eigenvalue weighted by Gasteiger charge is -2.16. The molecule has 0 saturated heterocycles. The van der Waals surface area contributed by atoms with Crippen LogP contribution in [0.5, 0.6) is 0 Å². The van der Waals surface area contributed by atoms with E-state index in [1.807, 2.05) is 6.07 Å². The zero-order valence-corrected chi connectivity index (χ0v) is 12.2. The van der Waals surface area contributed by atoms with E-state index in [1.54, 1.807) is 6.07 Å².